The van der Waals surface area contributed by atoms with Crippen molar-refractivity contribution in [3.8, 4) is 0 Å². The second-order valence-electron chi connectivity index (χ2n) is 10.5. The highest BCUT2D eigenvalue weighted by Crippen LogP contribution is 2.38. The molecule has 0 aromatic carbocycles. The molecule has 4 fully saturated rings. The van der Waals surface area contributed by atoms with E-state index < -0.39 is 17.5 Å². The molecule has 1 spiro atoms. The third-order valence-corrected chi connectivity index (χ3v) is 9.25. The Balaban J connectivity index is 1.19. The fraction of sp³-hybridized carbons (Fsp3) is 0.750. The fourth-order valence-electron chi connectivity index (χ4n) is 6.21. The molecule has 0 bridgehead atoms. The van der Waals surface area contributed by atoms with Crippen LogP contribution in [0.4, 0.5) is 8.78 Å². The lowest BCUT2D eigenvalue weighted by Gasteiger charge is -2.41. The summed E-state index contributed by atoms with van der Waals surface area (Å²) < 4.78 is 27.1. The molecule has 2 amide bonds. The third kappa shape index (κ3) is 4.82. The summed E-state index contributed by atoms with van der Waals surface area (Å²) in [6.07, 6.45) is 3.30. The number of halogens is 2. The van der Waals surface area contributed by atoms with E-state index >= 15 is 0 Å². The first-order valence-electron chi connectivity index (χ1n) is 12.2. The second kappa shape index (κ2) is 8.89. The van der Waals surface area contributed by atoms with Crippen LogP contribution >= 0.6 is 11.3 Å². The van der Waals surface area contributed by atoms with Gasteiger partial charge in [0, 0.05) is 56.0 Å². The van der Waals surface area contributed by atoms with Crippen molar-refractivity contribution in [1.82, 2.24) is 20.0 Å². The molecule has 1 saturated carbocycles. The summed E-state index contributed by atoms with van der Waals surface area (Å²) in [5.41, 5.74) is -0.444. The molecule has 1 N–H and O–H groups in total. The number of rotatable bonds is 4. The lowest BCUT2D eigenvalue weighted by atomic mass is 9.84. The minimum absolute atomic E-state index is 0.0429. The molecule has 182 valence electrons. The van der Waals surface area contributed by atoms with Crippen LogP contribution in [0.5, 0.6) is 0 Å². The van der Waals surface area contributed by atoms with Crippen molar-refractivity contribution in [3.63, 3.8) is 0 Å². The van der Waals surface area contributed by atoms with Crippen LogP contribution in [0.2, 0.25) is 0 Å². The maximum atomic E-state index is 13.6. The smallest absolute Gasteiger partial charge is 0.248 e. The average Bonchev–Trinajstić information content (AvgIpc) is 3.43. The van der Waals surface area contributed by atoms with Gasteiger partial charge in [0.2, 0.25) is 17.7 Å². The molecule has 1 aliphatic carbocycles. The van der Waals surface area contributed by atoms with E-state index in [0.717, 1.165) is 32.5 Å². The molecule has 4 aliphatic rings. The third-order valence-electron chi connectivity index (χ3n) is 8.39. The molecule has 1 aromatic heterocycles. The Morgan fingerprint density at radius 3 is 2.55 bits per heavy atom. The molecule has 2 atom stereocenters. The zero-order valence-electron chi connectivity index (χ0n) is 19.3. The lowest BCUT2D eigenvalue weighted by Crippen LogP contribution is -2.56. The van der Waals surface area contributed by atoms with Gasteiger partial charge in [-0.15, -0.1) is 11.3 Å². The van der Waals surface area contributed by atoms with Crippen molar-refractivity contribution >= 4 is 23.2 Å². The topological polar surface area (TPSA) is 55.9 Å². The summed E-state index contributed by atoms with van der Waals surface area (Å²) >= 11 is 1.76. The minimum atomic E-state index is -2.55. The van der Waals surface area contributed by atoms with Crippen LogP contribution < -0.4 is 5.32 Å². The first-order valence-corrected chi connectivity index (χ1v) is 13.1. The number of nitrogens with one attached hydrogen (secondary N) is 1. The number of thiophene rings is 1. The Hall–Kier alpha value is -1.58. The number of piperidine rings is 1. The summed E-state index contributed by atoms with van der Waals surface area (Å²) in [6, 6.07) is 3.90. The molecule has 1 aromatic rings. The highest BCUT2D eigenvalue weighted by Gasteiger charge is 2.50. The predicted octanol–water partition coefficient (Wildman–Crippen LogP) is 3.08. The highest BCUT2D eigenvalue weighted by atomic mass is 32.1. The Morgan fingerprint density at radius 1 is 1.15 bits per heavy atom. The molecule has 5 rings (SSSR count). The van der Waals surface area contributed by atoms with Crippen molar-refractivity contribution in [2.75, 3.05) is 26.7 Å². The van der Waals surface area contributed by atoms with Crippen molar-refractivity contribution in [2.24, 2.45) is 0 Å². The molecule has 6 nitrogen and oxygen atoms in total. The van der Waals surface area contributed by atoms with Crippen LogP contribution in [0.1, 0.15) is 56.2 Å². The van der Waals surface area contributed by atoms with Crippen LogP contribution in [0.15, 0.2) is 17.5 Å². The molecule has 9 heteroatoms. The molecule has 33 heavy (non-hydrogen) atoms. The highest BCUT2D eigenvalue weighted by molar-refractivity contribution is 7.09. The standard InChI is InChI=1S/C24H34F2N4O2S/c1-28(17-4-6-24(25,26)7-5-17)18-13-20-22(32)27-23(14-21(31)30(20)15-18)8-10-29(11-9-23)16-19-3-2-12-33-19/h2-3,12,17-18,20H,4-11,13-16H2,1H3,(H,27,32)/t18-,20-/m0/s1. The number of alkyl halides is 2. The van der Waals surface area contributed by atoms with Crippen LogP contribution in [0.3, 0.4) is 0 Å². The number of hydrogen-bond donors (Lipinski definition) is 1. The van der Waals surface area contributed by atoms with Crippen LogP contribution in [-0.2, 0) is 16.1 Å². The second-order valence-corrected chi connectivity index (χ2v) is 11.5. The number of likely N-dealkylation sites (tertiary alicyclic amines) is 1. The Labute approximate surface area is 198 Å². The molecular formula is C24H34F2N4O2S. The van der Waals surface area contributed by atoms with E-state index in [2.05, 4.69) is 32.6 Å². The van der Waals surface area contributed by atoms with Gasteiger partial charge in [0.25, 0.3) is 0 Å². The van der Waals surface area contributed by atoms with Gasteiger partial charge in [0.05, 0.1) is 12.0 Å². The Bertz CT molecular complexity index is 834. The molecule has 3 saturated heterocycles. The van der Waals surface area contributed by atoms with Gasteiger partial charge in [-0.2, -0.15) is 0 Å². The zero-order chi connectivity index (χ0) is 23.2. The maximum absolute atomic E-state index is 13.6. The SMILES string of the molecule is CN(C1CCC(F)(F)CC1)[C@H]1C[C@H]2C(=O)NC3(CCN(Cc4cccs4)CC3)CC(=O)N2C1. The van der Waals surface area contributed by atoms with Gasteiger partial charge in [-0.3, -0.25) is 19.4 Å². The summed E-state index contributed by atoms with van der Waals surface area (Å²) in [6.45, 7) is 3.17. The van der Waals surface area contributed by atoms with Gasteiger partial charge in [0.15, 0.2) is 0 Å². The fourth-order valence-corrected chi connectivity index (χ4v) is 6.95. The summed E-state index contributed by atoms with van der Waals surface area (Å²) in [4.78, 5) is 34.2. The first kappa shape index (κ1) is 23.2. The van der Waals surface area contributed by atoms with Crippen LogP contribution in [-0.4, -0.2) is 82.8 Å². The van der Waals surface area contributed by atoms with Crippen molar-refractivity contribution in [2.45, 2.75) is 87.5 Å². The van der Waals surface area contributed by atoms with Gasteiger partial charge < -0.3 is 10.2 Å². The van der Waals surface area contributed by atoms with E-state index in [-0.39, 0.29) is 36.7 Å². The summed E-state index contributed by atoms with van der Waals surface area (Å²) in [7, 11) is 1.97. The van der Waals surface area contributed by atoms with Crippen LogP contribution in [0, 0.1) is 0 Å². The minimum Gasteiger partial charge on any atom is -0.348 e. The van der Waals surface area contributed by atoms with Crippen molar-refractivity contribution in [3.05, 3.63) is 22.4 Å². The quantitative estimate of drug-likeness (QED) is 0.720. The van der Waals surface area contributed by atoms with Crippen molar-refractivity contribution in [1.29, 1.82) is 0 Å². The number of likely N-dealkylation sites (N-methyl/N-ethyl adjacent to an activating group) is 1. The number of fused-ring (bicyclic) bond motifs is 1. The summed E-state index contributed by atoms with van der Waals surface area (Å²) in [5.74, 6) is -2.54. The van der Waals surface area contributed by atoms with Crippen LogP contribution in [0.25, 0.3) is 0 Å². The van der Waals surface area contributed by atoms with E-state index in [9.17, 15) is 18.4 Å². The van der Waals surface area contributed by atoms with Gasteiger partial charge >= 0.3 is 0 Å². The van der Waals surface area contributed by atoms with Gasteiger partial charge in [-0.25, -0.2) is 8.78 Å². The van der Waals surface area contributed by atoms with Crippen molar-refractivity contribution < 1.29 is 18.4 Å². The Kier molecular flexibility index (Phi) is 6.24. The number of hydrogen-bond acceptors (Lipinski definition) is 5. The number of amides is 2. The first-order chi connectivity index (χ1) is 15.7. The predicted molar refractivity (Wildman–Crippen MR) is 123 cm³/mol. The summed E-state index contributed by atoms with van der Waals surface area (Å²) in [5, 5.41) is 5.37. The zero-order valence-corrected chi connectivity index (χ0v) is 20.1. The monoisotopic (exact) mass is 480 g/mol. The maximum Gasteiger partial charge on any atom is 0.248 e. The van der Waals surface area contributed by atoms with E-state index in [1.165, 1.54) is 4.88 Å². The van der Waals surface area contributed by atoms with Gasteiger partial charge in [0.1, 0.15) is 6.04 Å². The molecule has 3 aliphatic heterocycles. The molecule has 0 radical (unpaired) electrons. The molecule has 0 unspecified atom stereocenters. The number of carbonyl (C=O) groups is 2. The molecular weight excluding hydrogens is 446 g/mol. The van der Waals surface area contributed by atoms with E-state index in [1.54, 1.807) is 16.2 Å². The van der Waals surface area contributed by atoms with Gasteiger partial charge in [-0.1, -0.05) is 6.07 Å². The Morgan fingerprint density at radius 2 is 1.88 bits per heavy atom. The van der Waals surface area contributed by atoms with E-state index in [4.69, 9.17) is 0 Å². The number of nitrogens with zero attached hydrogens (tertiary/aromatic N) is 3. The number of carbonyl (C=O) groups excluding carboxylic acids is 2. The average molecular weight is 481 g/mol. The normalized spacial score (nSPS) is 30.5. The van der Waals surface area contributed by atoms with E-state index in [0.29, 0.717) is 32.2 Å². The lowest BCUT2D eigenvalue weighted by molar-refractivity contribution is -0.135. The van der Waals surface area contributed by atoms with E-state index in [1.807, 2.05) is 7.05 Å². The molecule has 4 heterocycles. The largest absolute Gasteiger partial charge is 0.348 e. The van der Waals surface area contributed by atoms with Gasteiger partial charge in [-0.05, 0) is 50.6 Å².